The van der Waals surface area contributed by atoms with Crippen LogP contribution in [0, 0.1) is 0 Å². The molecule has 0 bridgehead atoms. The van der Waals surface area contributed by atoms with E-state index in [4.69, 9.17) is 5.11 Å². The fourth-order valence-corrected chi connectivity index (χ4v) is 4.12. The fraction of sp³-hybridized carbons (Fsp3) is 0.909. The van der Waals surface area contributed by atoms with Crippen molar-refractivity contribution in [1.29, 1.82) is 0 Å². The maximum atomic E-state index is 11.4. The molecule has 0 aromatic carbocycles. The highest BCUT2D eigenvalue weighted by Crippen LogP contribution is 2.04. The van der Waals surface area contributed by atoms with Crippen molar-refractivity contribution < 1.29 is 35.1 Å². The van der Waals surface area contributed by atoms with Crippen LogP contribution in [0.4, 0.5) is 0 Å². The van der Waals surface area contributed by atoms with Gasteiger partial charge in [0.1, 0.15) is 0 Å². The van der Waals surface area contributed by atoms with Crippen molar-refractivity contribution in [3.05, 3.63) is 0 Å². The third-order valence-corrected chi connectivity index (χ3v) is 6.16. The van der Waals surface area contributed by atoms with E-state index >= 15 is 0 Å². The first kappa shape index (κ1) is 30.7. The van der Waals surface area contributed by atoms with Crippen LogP contribution in [-0.2, 0) is 9.59 Å². The summed E-state index contributed by atoms with van der Waals surface area (Å²) in [4.78, 5) is 32.5. The van der Waals surface area contributed by atoms with E-state index in [1.807, 2.05) is 21.6 Å². The van der Waals surface area contributed by atoms with Gasteiger partial charge in [0.15, 0.2) is 0 Å². The molecule has 200 valence electrons. The number of aliphatic hydroxyl groups is 3. The Labute approximate surface area is 202 Å². The molecule has 0 saturated carbocycles. The average molecular weight is 492 g/mol. The van der Waals surface area contributed by atoms with Crippen molar-refractivity contribution in [2.45, 2.75) is 26.1 Å². The maximum Gasteiger partial charge on any atom is 0.317 e. The van der Waals surface area contributed by atoms with Crippen molar-refractivity contribution >= 4 is 11.9 Å². The Morgan fingerprint density at radius 1 is 0.735 bits per heavy atom. The smallest absolute Gasteiger partial charge is 0.317 e. The van der Waals surface area contributed by atoms with Crippen LogP contribution in [0.25, 0.3) is 0 Å². The van der Waals surface area contributed by atoms with Gasteiger partial charge in [0, 0.05) is 72.0 Å². The number of carboxylic acids is 2. The predicted octanol–water partition coefficient (Wildman–Crippen LogP) is -2.57. The number of likely N-dealkylation sites (N-methyl/N-ethyl adjacent to an activating group) is 2. The van der Waals surface area contributed by atoms with E-state index in [1.165, 1.54) is 0 Å². The molecule has 12 nitrogen and oxygen atoms in total. The van der Waals surface area contributed by atoms with Crippen molar-refractivity contribution in [1.82, 2.24) is 24.5 Å². The van der Waals surface area contributed by atoms with E-state index in [0.29, 0.717) is 65.4 Å². The minimum Gasteiger partial charge on any atom is -0.480 e. The lowest BCUT2D eigenvalue weighted by atomic mass is 10.2. The molecule has 5 N–H and O–H groups in total. The molecule has 12 heteroatoms. The Morgan fingerprint density at radius 2 is 1.15 bits per heavy atom. The highest BCUT2D eigenvalue weighted by molar-refractivity contribution is 5.69. The van der Waals surface area contributed by atoms with Crippen molar-refractivity contribution in [2.24, 2.45) is 0 Å². The number of aliphatic hydroxyl groups excluding tert-OH is 3. The Bertz CT molecular complexity index is 586. The summed E-state index contributed by atoms with van der Waals surface area (Å²) in [6, 6.07) is 0. The van der Waals surface area contributed by atoms with Gasteiger partial charge in [-0.25, -0.2) is 0 Å². The first-order valence-electron chi connectivity index (χ1n) is 12.2. The normalized spacial score (nSPS) is 20.5. The Kier molecular flexibility index (Phi) is 15.4. The molecule has 0 aromatic rings. The zero-order chi connectivity index (χ0) is 25.5. The lowest BCUT2D eigenvalue weighted by Crippen LogP contribution is -2.49. The second-order valence-corrected chi connectivity index (χ2v) is 8.92. The van der Waals surface area contributed by atoms with Crippen LogP contribution in [0.15, 0.2) is 0 Å². The molecule has 0 radical (unpaired) electrons. The molecular weight excluding hydrogens is 446 g/mol. The van der Waals surface area contributed by atoms with Crippen molar-refractivity contribution in [3.63, 3.8) is 0 Å². The Hall–Kier alpha value is -1.38. The summed E-state index contributed by atoms with van der Waals surface area (Å²) in [7, 11) is 0. The van der Waals surface area contributed by atoms with E-state index in [1.54, 1.807) is 0 Å². The molecule has 0 spiro atoms. The number of carbonyl (C=O) groups is 2. The number of carboxylic acid groups (broad SMARTS) is 2. The van der Waals surface area contributed by atoms with Crippen LogP contribution >= 0.6 is 0 Å². The molecule has 2 atom stereocenters. The first-order valence-corrected chi connectivity index (χ1v) is 12.2. The summed E-state index contributed by atoms with van der Waals surface area (Å²) in [6.45, 7) is 10.7. The summed E-state index contributed by atoms with van der Waals surface area (Å²) in [5, 5.41) is 48.1. The standard InChI is InChI=1S/C22H45N5O7/c1-3-23-5-7-25(14-19(29)13-24(4-2)15-20(30)18-28)9-10-27(17-22(33)34)12-11-26(8-6-23)16-21(31)32/h19-20,28-30H,3-18H2,1-2H3,(H,31,32)(H,33,34). The van der Waals surface area contributed by atoms with Crippen LogP contribution in [0.1, 0.15) is 13.8 Å². The SMILES string of the molecule is CCN1CCN(CC(=O)O)CCN(CC(=O)O)CCN(CC(O)CN(CC)CC(O)CO)CC1. The van der Waals surface area contributed by atoms with Gasteiger partial charge in [-0.3, -0.25) is 29.2 Å². The maximum absolute atomic E-state index is 11.4. The number of nitrogens with zero attached hydrogens (tertiary/aromatic N) is 5. The van der Waals surface area contributed by atoms with Gasteiger partial charge in [0.2, 0.25) is 0 Å². The number of rotatable bonds is 13. The van der Waals surface area contributed by atoms with Gasteiger partial charge >= 0.3 is 11.9 Å². The molecule has 1 rings (SSSR count). The quantitative estimate of drug-likeness (QED) is 0.184. The van der Waals surface area contributed by atoms with E-state index in [0.717, 1.165) is 13.1 Å². The summed E-state index contributed by atoms with van der Waals surface area (Å²) < 4.78 is 0. The summed E-state index contributed by atoms with van der Waals surface area (Å²) in [6.07, 6.45) is -1.51. The van der Waals surface area contributed by atoms with Gasteiger partial charge in [-0.05, 0) is 13.1 Å². The molecule has 1 saturated heterocycles. The van der Waals surface area contributed by atoms with E-state index in [-0.39, 0.29) is 26.2 Å². The van der Waals surface area contributed by atoms with E-state index in [9.17, 15) is 30.0 Å². The molecule has 1 aliphatic heterocycles. The monoisotopic (exact) mass is 491 g/mol. The molecule has 0 aromatic heterocycles. The van der Waals surface area contributed by atoms with Gasteiger partial charge in [-0.15, -0.1) is 0 Å². The molecule has 0 aliphatic carbocycles. The van der Waals surface area contributed by atoms with Crippen LogP contribution in [0.5, 0.6) is 0 Å². The highest BCUT2D eigenvalue weighted by atomic mass is 16.4. The van der Waals surface area contributed by atoms with Gasteiger partial charge < -0.3 is 30.4 Å². The average Bonchev–Trinajstić information content (AvgIpc) is 2.77. The van der Waals surface area contributed by atoms with Crippen LogP contribution in [0.2, 0.25) is 0 Å². The zero-order valence-corrected chi connectivity index (χ0v) is 20.8. The lowest BCUT2D eigenvalue weighted by molar-refractivity contribution is -0.140. The lowest BCUT2D eigenvalue weighted by Gasteiger charge is -2.34. The van der Waals surface area contributed by atoms with E-state index in [2.05, 4.69) is 16.7 Å². The summed E-state index contributed by atoms with van der Waals surface area (Å²) in [5.74, 6) is -1.82. The van der Waals surface area contributed by atoms with Gasteiger partial charge in [0.25, 0.3) is 0 Å². The summed E-state index contributed by atoms with van der Waals surface area (Å²) >= 11 is 0. The van der Waals surface area contributed by atoms with E-state index < -0.39 is 24.1 Å². The van der Waals surface area contributed by atoms with Crippen molar-refractivity contribution in [3.8, 4) is 0 Å². The number of hydrogen-bond donors (Lipinski definition) is 5. The third-order valence-electron chi connectivity index (χ3n) is 6.16. The van der Waals surface area contributed by atoms with Gasteiger partial charge in [0.05, 0.1) is 31.9 Å². The largest absolute Gasteiger partial charge is 0.480 e. The minimum absolute atomic E-state index is 0.0737. The highest BCUT2D eigenvalue weighted by Gasteiger charge is 2.21. The van der Waals surface area contributed by atoms with Gasteiger partial charge in [-0.1, -0.05) is 13.8 Å². The number of hydrogen-bond acceptors (Lipinski definition) is 10. The summed E-state index contributed by atoms with van der Waals surface area (Å²) in [5.41, 5.74) is 0. The molecule has 0 amide bonds. The fourth-order valence-electron chi connectivity index (χ4n) is 4.12. The zero-order valence-electron chi connectivity index (χ0n) is 20.8. The van der Waals surface area contributed by atoms with Crippen molar-refractivity contribution in [2.75, 3.05) is 105 Å². The molecule has 1 fully saturated rings. The Morgan fingerprint density at radius 3 is 1.53 bits per heavy atom. The molecule has 1 heterocycles. The predicted molar refractivity (Wildman–Crippen MR) is 128 cm³/mol. The van der Waals surface area contributed by atoms with Gasteiger partial charge in [-0.2, -0.15) is 0 Å². The molecule has 2 unspecified atom stereocenters. The molecule has 34 heavy (non-hydrogen) atoms. The molecular formula is C22H45N5O7. The second-order valence-electron chi connectivity index (χ2n) is 8.92. The second kappa shape index (κ2) is 17.1. The Balaban J connectivity index is 2.83. The van der Waals surface area contributed by atoms with Crippen LogP contribution in [0.3, 0.4) is 0 Å². The topological polar surface area (TPSA) is 151 Å². The minimum atomic E-state index is -0.929. The third kappa shape index (κ3) is 13.5. The first-order chi connectivity index (χ1) is 16.2. The number of β-amino-alcohol motifs (C(OH)–C–C–N with tert-alkyl or cyclic N) is 1. The number of aliphatic carboxylic acids is 2. The molecule has 1 aliphatic rings. The van der Waals surface area contributed by atoms with Crippen LogP contribution < -0.4 is 0 Å². The van der Waals surface area contributed by atoms with Crippen LogP contribution in [-0.4, -0.2) is 179 Å².